The van der Waals surface area contributed by atoms with Crippen molar-refractivity contribution < 1.29 is 13.6 Å². The molecule has 0 aromatic heterocycles. The number of halogens is 2. The number of alkyl halides is 2. The maximum absolute atomic E-state index is 10.5. The maximum Gasteiger partial charge on any atom is 0.752 e. The molecule has 1 atom stereocenters. The SMILES string of the molecule is C=CO[P+](=O)OC(C)(Cl)Cl. The molecular formula is C4H6Cl2O3P+. The third-order valence-electron chi connectivity index (χ3n) is 0.395. The lowest BCUT2D eigenvalue weighted by Crippen LogP contribution is -2.06. The van der Waals surface area contributed by atoms with Gasteiger partial charge < -0.3 is 0 Å². The second-order valence-corrected chi connectivity index (χ2v) is 3.87. The molecule has 0 bridgehead atoms. The van der Waals surface area contributed by atoms with Gasteiger partial charge in [-0.2, -0.15) is 0 Å². The summed E-state index contributed by atoms with van der Waals surface area (Å²) in [6.07, 6.45) is 0.984. The Kier molecular flexibility index (Phi) is 4.22. The average molecular weight is 204 g/mol. The van der Waals surface area contributed by atoms with Crippen LogP contribution in [0.1, 0.15) is 6.92 Å². The van der Waals surface area contributed by atoms with Gasteiger partial charge in [-0.3, -0.25) is 0 Å². The first kappa shape index (κ1) is 10.2. The minimum atomic E-state index is -2.30. The van der Waals surface area contributed by atoms with Crippen molar-refractivity contribution in [3.8, 4) is 0 Å². The van der Waals surface area contributed by atoms with E-state index in [9.17, 15) is 4.57 Å². The summed E-state index contributed by atoms with van der Waals surface area (Å²) in [5, 5.41) is 0. The van der Waals surface area contributed by atoms with Gasteiger partial charge in [0.1, 0.15) is 6.26 Å². The van der Waals surface area contributed by atoms with Crippen LogP contribution in [0.5, 0.6) is 0 Å². The summed E-state index contributed by atoms with van der Waals surface area (Å²) in [6.45, 7) is 4.49. The molecule has 0 N–H and O–H groups in total. The first-order valence-corrected chi connectivity index (χ1v) is 4.13. The fourth-order valence-electron chi connectivity index (χ4n) is 0.213. The van der Waals surface area contributed by atoms with Gasteiger partial charge in [0, 0.05) is 4.57 Å². The van der Waals surface area contributed by atoms with Crippen molar-refractivity contribution in [2.45, 2.75) is 11.4 Å². The Hall–Kier alpha value is 0.180. The Labute approximate surface area is 69.9 Å². The summed E-state index contributed by atoms with van der Waals surface area (Å²) in [6, 6.07) is 0. The van der Waals surface area contributed by atoms with Gasteiger partial charge in [0.25, 0.3) is 4.52 Å². The maximum atomic E-state index is 10.5. The van der Waals surface area contributed by atoms with E-state index in [1.807, 2.05) is 0 Å². The Morgan fingerprint density at radius 1 is 1.70 bits per heavy atom. The van der Waals surface area contributed by atoms with Crippen LogP contribution in [0.15, 0.2) is 12.8 Å². The molecule has 0 heterocycles. The van der Waals surface area contributed by atoms with Gasteiger partial charge in [0.05, 0.1) is 0 Å². The first-order valence-electron chi connectivity index (χ1n) is 2.27. The highest BCUT2D eigenvalue weighted by molar-refractivity contribution is 7.33. The van der Waals surface area contributed by atoms with Crippen LogP contribution in [0.25, 0.3) is 0 Å². The zero-order valence-electron chi connectivity index (χ0n) is 5.21. The van der Waals surface area contributed by atoms with Crippen LogP contribution in [-0.4, -0.2) is 4.52 Å². The van der Waals surface area contributed by atoms with Gasteiger partial charge >= 0.3 is 8.25 Å². The minimum absolute atomic E-state index is 0.984. The monoisotopic (exact) mass is 203 g/mol. The van der Waals surface area contributed by atoms with Gasteiger partial charge in [-0.15, -0.1) is 0 Å². The molecular weight excluding hydrogens is 198 g/mol. The van der Waals surface area contributed by atoms with Crippen molar-refractivity contribution in [1.29, 1.82) is 0 Å². The molecule has 3 nitrogen and oxygen atoms in total. The van der Waals surface area contributed by atoms with Crippen LogP contribution in [0.4, 0.5) is 0 Å². The van der Waals surface area contributed by atoms with E-state index in [1.54, 1.807) is 0 Å². The first-order chi connectivity index (χ1) is 4.45. The minimum Gasteiger partial charge on any atom is -0.238 e. The van der Waals surface area contributed by atoms with Gasteiger partial charge in [-0.1, -0.05) is 34.3 Å². The molecule has 0 aliphatic carbocycles. The Morgan fingerprint density at radius 2 is 2.20 bits per heavy atom. The topological polar surface area (TPSA) is 35.5 Å². The predicted octanol–water partition coefficient (Wildman–Crippen LogP) is 2.97. The summed E-state index contributed by atoms with van der Waals surface area (Å²) in [5.74, 6) is 0. The number of hydrogen-bond acceptors (Lipinski definition) is 3. The molecule has 58 valence electrons. The zero-order valence-corrected chi connectivity index (χ0v) is 7.62. The third kappa shape index (κ3) is 6.30. The second kappa shape index (κ2) is 4.14. The molecule has 1 unspecified atom stereocenters. The Bertz CT molecular complexity index is 142. The number of rotatable bonds is 4. The molecule has 0 aliphatic rings. The molecule has 0 aromatic carbocycles. The van der Waals surface area contributed by atoms with Crippen molar-refractivity contribution >= 4 is 31.5 Å². The zero-order chi connectivity index (χ0) is 8.20. The largest absolute Gasteiger partial charge is 0.752 e. The summed E-state index contributed by atoms with van der Waals surface area (Å²) in [7, 11) is -2.30. The van der Waals surface area contributed by atoms with E-state index in [2.05, 4.69) is 15.6 Å². The molecule has 0 rings (SSSR count). The fraction of sp³-hybridized carbons (Fsp3) is 0.500. The highest BCUT2D eigenvalue weighted by atomic mass is 35.5. The highest BCUT2D eigenvalue weighted by Gasteiger charge is 2.33. The fourth-order valence-corrected chi connectivity index (χ4v) is 0.978. The van der Waals surface area contributed by atoms with E-state index in [0.29, 0.717) is 0 Å². The lowest BCUT2D eigenvalue weighted by atomic mass is 10.9. The van der Waals surface area contributed by atoms with Gasteiger partial charge in [-0.05, 0) is 6.92 Å². The molecule has 0 fully saturated rings. The summed E-state index contributed by atoms with van der Waals surface area (Å²) in [4.78, 5) is 0. The van der Waals surface area contributed by atoms with Gasteiger partial charge in [0.15, 0.2) is 0 Å². The van der Waals surface area contributed by atoms with Crippen LogP contribution in [0.3, 0.4) is 0 Å². The lowest BCUT2D eigenvalue weighted by molar-refractivity contribution is 0.232. The van der Waals surface area contributed by atoms with Crippen LogP contribution in [0.2, 0.25) is 0 Å². The molecule has 0 aliphatic heterocycles. The van der Waals surface area contributed by atoms with Crippen molar-refractivity contribution in [3.63, 3.8) is 0 Å². The van der Waals surface area contributed by atoms with Crippen LogP contribution in [0, 0.1) is 0 Å². The summed E-state index contributed by atoms with van der Waals surface area (Å²) < 4.78 is 17.8. The molecule has 10 heavy (non-hydrogen) atoms. The van der Waals surface area contributed by atoms with Crippen LogP contribution < -0.4 is 0 Å². The van der Waals surface area contributed by atoms with Crippen molar-refractivity contribution in [2.75, 3.05) is 0 Å². The van der Waals surface area contributed by atoms with Crippen molar-refractivity contribution in [3.05, 3.63) is 12.8 Å². The number of hydrogen-bond donors (Lipinski definition) is 0. The molecule has 0 amide bonds. The predicted molar refractivity (Wildman–Crippen MR) is 40.1 cm³/mol. The van der Waals surface area contributed by atoms with Crippen LogP contribution in [-0.2, 0) is 13.6 Å². The quantitative estimate of drug-likeness (QED) is 0.401. The van der Waals surface area contributed by atoms with E-state index in [-0.39, 0.29) is 0 Å². The van der Waals surface area contributed by atoms with Crippen molar-refractivity contribution in [1.82, 2.24) is 0 Å². The normalized spacial score (nSPS) is 12.5. The van der Waals surface area contributed by atoms with Gasteiger partial charge in [-0.25, -0.2) is 4.52 Å². The smallest absolute Gasteiger partial charge is 0.238 e. The Balaban J connectivity index is 3.68. The summed E-state index contributed by atoms with van der Waals surface area (Å²) in [5.41, 5.74) is 0. The molecule has 0 saturated carbocycles. The highest BCUT2D eigenvalue weighted by Crippen LogP contribution is 2.36. The summed E-state index contributed by atoms with van der Waals surface area (Å²) >= 11 is 10.6. The van der Waals surface area contributed by atoms with E-state index in [4.69, 9.17) is 23.2 Å². The second-order valence-electron chi connectivity index (χ2n) is 1.39. The standard InChI is InChI=1S/C4H6Cl2O3P/c1-3-8-10(7)9-4(2,5)6/h3H,1H2,2H3/q+1. The molecule has 0 saturated heterocycles. The third-order valence-corrected chi connectivity index (χ3v) is 1.60. The average Bonchev–Trinajstić information content (AvgIpc) is 1.59. The van der Waals surface area contributed by atoms with E-state index >= 15 is 0 Å². The van der Waals surface area contributed by atoms with E-state index < -0.39 is 12.8 Å². The molecule has 0 spiro atoms. The molecule has 6 heteroatoms. The molecule has 0 radical (unpaired) electrons. The lowest BCUT2D eigenvalue weighted by Gasteiger charge is -2.00. The van der Waals surface area contributed by atoms with E-state index in [1.165, 1.54) is 6.92 Å². The van der Waals surface area contributed by atoms with E-state index in [0.717, 1.165) is 6.26 Å². The van der Waals surface area contributed by atoms with Crippen molar-refractivity contribution in [2.24, 2.45) is 0 Å². The van der Waals surface area contributed by atoms with Crippen LogP contribution >= 0.6 is 31.5 Å². The van der Waals surface area contributed by atoms with Gasteiger partial charge in [0.2, 0.25) is 0 Å². The molecule has 0 aromatic rings. The Morgan fingerprint density at radius 3 is 2.50 bits per heavy atom.